The number of carbonyl (C=O) groups excluding carboxylic acids is 2. The molecular weight excluding hydrogens is 312 g/mol. The molecule has 0 aromatic rings. The van der Waals surface area contributed by atoms with Crippen molar-refractivity contribution in [2.75, 3.05) is 0 Å². The summed E-state index contributed by atoms with van der Waals surface area (Å²) in [6.07, 6.45) is 14.3. The standard InChI is InChI=1S/C22H28O3/c1-20-9-5-15(23)13-14(20)3-4-16-17(20)6-10-21(2)18(16)7-11-22(21)12-8-19(24)25-22/h3-4,13,16-18H,5-12H2,1-2H3/t16-,17+,18+,20+,21+,22?/m1/s1. The zero-order valence-electron chi connectivity index (χ0n) is 15.3. The van der Waals surface area contributed by atoms with Crippen LogP contribution >= 0.6 is 0 Å². The molecule has 2 saturated carbocycles. The predicted molar refractivity (Wildman–Crippen MR) is 94.7 cm³/mol. The van der Waals surface area contributed by atoms with Gasteiger partial charge < -0.3 is 4.74 Å². The highest BCUT2D eigenvalue weighted by Gasteiger charge is 2.66. The Balaban J connectivity index is 1.53. The van der Waals surface area contributed by atoms with Gasteiger partial charge in [0.15, 0.2) is 5.78 Å². The zero-order valence-corrected chi connectivity index (χ0v) is 15.3. The smallest absolute Gasteiger partial charge is 0.306 e. The number of fused-ring (bicyclic) bond motifs is 6. The summed E-state index contributed by atoms with van der Waals surface area (Å²) in [6.45, 7) is 4.78. The minimum absolute atomic E-state index is 0.00570. The van der Waals surface area contributed by atoms with E-state index >= 15 is 0 Å². The van der Waals surface area contributed by atoms with Crippen LogP contribution in [0.15, 0.2) is 23.8 Å². The molecule has 1 heterocycles. The van der Waals surface area contributed by atoms with E-state index in [0.717, 1.165) is 25.7 Å². The van der Waals surface area contributed by atoms with Crippen molar-refractivity contribution >= 4 is 11.8 Å². The van der Waals surface area contributed by atoms with Gasteiger partial charge in [0.2, 0.25) is 0 Å². The topological polar surface area (TPSA) is 43.4 Å². The fraction of sp³-hybridized carbons (Fsp3) is 0.727. The molecule has 0 radical (unpaired) electrons. The Kier molecular flexibility index (Phi) is 3.08. The van der Waals surface area contributed by atoms with Crippen molar-refractivity contribution < 1.29 is 14.3 Å². The Morgan fingerprint density at radius 3 is 2.56 bits per heavy atom. The first-order chi connectivity index (χ1) is 11.9. The lowest BCUT2D eigenvalue weighted by Gasteiger charge is -2.57. The van der Waals surface area contributed by atoms with Crippen LogP contribution in [0.5, 0.6) is 0 Å². The number of hydrogen-bond donors (Lipinski definition) is 0. The van der Waals surface area contributed by atoms with Crippen LogP contribution < -0.4 is 0 Å². The fourth-order valence-electron chi connectivity index (χ4n) is 7.29. The largest absolute Gasteiger partial charge is 0.458 e. The molecule has 25 heavy (non-hydrogen) atoms. The van der Waals surface area contributed by atoms with Gasteiger partial charge in [0.25, 0.3) is 0 Å². The average molecular weight is 340 g/mol. The van der Waals surface area contributed by atoms with Crippen LogP contribution in [0.1, 0.15) is 65.2 Å². The molecule has 5 aliphatic rings. The van der Waals surface area contributed by atoms with Crippen molar-refractivity contribution in [3.05, 3.63) is 23.8 Å². The minimum atomic E-state index is -0.201. The van der Waals surface area contributed by atoms with E-state index in [1.165, 1.54) is 18.4 Å². The fourth-order valence-corrected chi connectivity index (χ4v) is 7.29. The number of hydrogen-bond acceptors (Lipinski definition) is 3. The number of ketones is 1. The van der Waals surface area contributed by atoms with Crippen molar-refractivity contribution in [1.82, 2.24) is 0 Å². The molecule has 3 fully saturated rings. The first kappa shape index (κ1) is 15.8. The van der Waals surface area contributed by atoms with E-state index < -0.39 is 0 Å². The van der Waals surface area contributed by atoms with Crippen molar-refractivity contribution in [2.24, 2.45) is 28.6 Å². The van der Waals surface area contributed by atoms with Gasteiger partial charge in [-0.2, -0.15) is 0 Å². The van der Waals surface area contributed by atoms with E-state index in [0.29, 0.717) is 30.6 Å². The highest BCUT2D eigenvalue weighted by Crippen LogP contribution is 2.68. The zero-order chi connectivity index (χ0) is 17.4. The summed E-state index contributed by atoms with van der Waals surface area (Å²) < 4.78 is 5.99. The van der Waals surface area contributed by atoms with Crippen molar-refractivity contribution in [3.63, 3.8) is 0 Å². The second-order valence-electron chi connectivity index (χ2n) is 9.60. The Hall–Kier alpha value is -1.38. The van der Waals surface area contributed by atoms with Gasteiger partial charge in [-0.1, -0.05) is 26.0 Å². The first-order valence-electron chi connectivity index (χ1n) is 10.0. The molecule has 0 N–H and O–H groups in total. The molecule has 1 saturated heterocycles. The van der Waals surface area contributed by atoms with Crippen molar-refractivity contribution in [3.8, 4) is 0 Å². The van der Waals surface area contributed by atoms with Crippen LogP contribution in [0.2, 0.25) is 0 Å². The predicted octanol–water partition coefficient (Wildman–Crippen LogP) is 4.37. The number of esters is 1. The maximum atomic E-state index is 11.9. The lowest BCUT2D eigenvalue weighted by Crippen LogP contribution is -2.53. The Morgan fingerprint density at radius 2 is 1.80 bits per heavy atom. The third-order valence-electron chi connectivity index (χ3n) is 8.85. The third kappa shape index (κ3) is 1.88. The molecule has 134 valence electrons. The maximum Gasteiger partial charge on any atom is 0.306 e. The maximum absolute atomic E-state index is 11.9. The number of rotatable bonds is 0. The Morgan fingerprint density at radius 1 is 1.00 bits per heavy atom. The summed E-state index contributed by atoms with van der Waals surface area (Å²) in [5, 5.41) is 0. The van der Waals surface area contributed by atoms with E-state index in [4.69, 9.17) is 4.74 Å². The molecule has 3 heteroatoms. The monoisotopic (exact) mass is 340 g/mol. The Bertz CT molecular complexity index is 719. The van der Waals surface area contributed by atoms with Gasteiger partial charge >= 0.3 is 5.97 Å². The second-order valence-corrected chi connectivity index (χ2v) is 9.60. The summed E-state index contributed by atoms with van der Waals surface area (Å²) in [4.78, 5) is 23.8. The molecule has 3 nitrogen and oxygen atoms in total. The molecule has 1 unspecified atom stereocenters. The molecule has 0 bridgehead atoms. The molecule has 0 aromatic heterocycles. The van der Waals surface area contributed by atoms with Crippen LogP contribution in [0, 0.1) is 28.6 Å². The van der Waals surface area contributed by atoms with Crippen LogP contribution in [-0.2, 0) is 14.3 Å². The van der Waals surface area contributed by atoms with Gasteiger partial charge in [0.1, 0.15) is 5.60 Å². The number of ether oxygens (including phenoxy) is 1. The lowest BCUT2D eigenvalue weighted by molar-refractivity contribution is -0.165. The minimum Gasteiger partial charge on any atom is -0.458 e. The molecule has 0 aromatic carbocycles. The van der Waals surface area contributed by atoms with Crippen LogP contribution in [0.25, 0.3) is 0 Å². The van der Waals surface area contributed by atoms with Crippen molar-refractivity contribution in [2.45, 2.75) is 70.8 Å². The van der Waals surface area contributed by atoms with Crippen molar-refractivity contribution in [1.29, 1.82) is 0 Å². The number of allylic oxidation sites excluding steroid dienone is 4. The summed E-state index contributed by atoms with van der Waals surface area (Å²) in [6, 6.07) is 0. The number of carbonyl (C=O) groups is 2. The third-order valence-corrected chi connectivity index (χ3v) is 8.85. The lowest BCUT2D eigenvalue weighted by atomic mass is 9.48. The SMILES string of the molecule is C[C@]12CCC(=O)C=C1C=C[C@@H]1[C@@H]2CC[C@@]2(C)[C@H]1CCC21CCC(=O)O1. The summed E-state index contributed by atoms with van der Waals surface area (Å²) in [5.41, 5.74) is 1.32. The van der Waals surface area contributed by atoms with Gasteiger partial charge in [0, 0.05) is 18.3 Å². The summed E-state index contributed by atoms with van der Waals surface area (Å²) in [7, 11) is 0. The van der Waals surface area contributed by atoms with Gasteiger partial charge in [-0.3, -0.25) is 9.59 Å². The van der Waals surface area contributed by atoms with Gasteiger partial charge in [-0.15, -0.1) is 0 Å². The molecular formula is C22H28O3. The first-order valence-corrected chi connectivity index (χ1v) is 10.0. The van der Waals surface area contributed by atoms with Gasteiger partial charge in [0.05, 0.1) is 0 Å². The van der Waals surface area contributed by atoms with Crippen LogP contribution in [-0.4, -0.2) is 17.4 Å². The van der Waals surface area contributed by atoms with E-state index in [1.807, 2.05) is 6.08 Å². The van der Waals surface area contributed by atoms with Gasteiger partial charge in [-0.05, 0) is 73.3 Å². The molecule has 5 rings (SSSR count). The molecule has 6 atom stereocenters. The van der Waals surface area contributed by atoms with E-state index in [9.17, 15) is 9.59 Å². The van der Waals surface area contributed by atoms with E-state index in [-0.39, 0.29) is 28.2 Å². The van der Waals surface area contributed by atoms with Crippen LogP contribution in [0.3, 0.4) is 0 Å². The molecule has 1 spiro atoms. The van der Waals surface area contributed by atoms with Crippen LogP contribution in [0.4, 0.5) is 0 Å². The second kappa shape index (κ2) is 4.86. The molecule has 4 aliphatic carbocycles. The molecule has 0 amide bonds. The normalized spacial score (nSPS) is 51.0. The van der Waals surface area contributed by atoms with E-state index in [1.54, 1.807) is 0 Å². The van der Waals surface area contributed by atoms with Gasteiger partial charge in [-0.25, -0.2) is 0 Å². The highest BCUT2D eigenvalue weighted by atomic mass is 16.6. The Labute approximate surface area is 149 Å². The highest BCUT2D eigenvalue weighted by molar-refractivity contribution is 5.92. The van der Waals surface area contributed by atoms with E-state index in [2.05, 4.69) is 26.0 Å². The summed E-state index contributed by atoms with van der Waals surface area (Å²) >= 11 is 0. The summed E-state index contributed by atoms with van der Waals surface area (Å²) in [5.74, 6) is 2.08. The quantitative estimate of drug-likeness (QED) is 0.615. The average Bonchev–Trinajstić information content (AvgIpc) is 3.10. The molecule has 1 aliphatic heterocycles.